The van der Waals surface area contributed by atoms with Gasteiger partial charge < -0.3 is 0 Å². The number of hydrogen-bond acceptors (Lipinski definition) is 0. The van der Waals surface area contributed by atoms with Gasteiger partial charge in [-0.2, -0.15) is 0 Å². The van der Waals surface area contributed by atoms with Crippen LogP contribution in [0.2, 0.25) is 0 Å². The van der Waals surface area contributed by atoms with E-state index in [0.29, 0.717) is 0 Å². The average Bonchev–Trinajstić information content (AvgIpc) is 2.60. The average molecular weight is 269 g/mol. The van der Waals surface area contributed by atoms with E-state index in [9.17, 15) is 0 Å². The number of hydrogen-bond donors (Lipinski definition) is 0. The fourth-order valence-electron chi connectivity index (χ4n) is 2.12. The molecule has 1 aliphatic rings. The summed E-state index contributed by atoms with van der Waals surface area (Å²) in [6.45, 7) is 4.62. The zero-order valence-corrected chi connectivity index (χ0v) is 11.9. The van der Waals surface area contributed by atoms with Crippen LogP contribution in [-0.4, -0.2) is 0 Å². The van der Waals surface area contributed by atoms with Gasteiger partial charge in [-0.3, -0.25) is 0 Å². The second-order valence-electron chi connectivity index (χ2n) is 4.14. The van der Waals surface area contributed by atoms with Crippen molar-refractivity contribution < 1.29 is 24.7 Å². The van der Waals surface area contributed by atoms with Crippen LogP contribution in [0.5, 0.6) is 0 Å². The molecule has 0 nitrogen and oxygen atoms in total. The molecule has 0 fully saturated rings. The summed E-state index contributed by atoms with van der Waals surface area (Å²) >= 11 is 1.63. The van der Waals surface area contributed by atoms with E-state index in [1.807, 2.05) is 0 Å². The first-order valence-electron chi connectivity index (χ1n) is 5.90. The molecule has 1 unspecified atom stereocenters. The van der Waals surface area contributed by atoms with Gasteiger partial charge in [-0.05, 0) is 0 Å². The summed E-state index contributed by atoms with van der Waals surface area (Å²) in [5.41, 5.74) is 1.68. The van der Waals surface area contributed by atoms with Gasteiger partial charge >= 0.3 is 104 Å². The third-order valence-electron chi connectivity index (χ3n) is 3.06. The minimum atomic E-state index is 0.856. The van der Waals surface area contributed by atoms with E-state index >= 15 is 0 Å². The van der Waals surface area contributed by atoms with Gasteiger partial charge in [0.1, 0.15) is 0 Å². The second-order valence-corrected chi connectivity index (χ2v) is 5.62. The van der Waals surface area contributed by atoms with Crippen LogP contribution in [-0.2, 0) is 24.7 Å². The predicted molar refractivity (Wildman–Crippen MR) is 58.7 cm³/mol. The maximum atomic E-state index is 2.38. The van der Waals surface area contributed by atoms with Crippen LogP contribution in [0.4, 0.5) is 0 Å². The maximum absolute atomic E-state index is 2.38. The van der Waals surface area contributed by atoms with Crippen molar-refractivity contribution in [1.29, 1.82) is 0 Å². The molecule has 1 atom stereocenters. The van der Waals surface area contributed by atoms with Crippen LogP contribution < -0.4 is 0 Å². The van der Waals surface area contributed by atoms with Gasteiger partial charge in [0.25, 0.3) is 0 Å². The Morgan fingerprint density at radius 2 is 2.14 bits per heavy atom. The molecule has 0 saturated carbocycles. The molecule has 1 aliphatic carbocycles. The molecule has 0 aromatic carbocycles. The molecule has 0 heterocycles. The van der Waals surface area contributed by atoms with Crippen molar-refractivity contribution in [2.24, 2.45) is 5.92 Å². The molecular formula is C13H21Zr. The van der Waals surface area contributed by atoms with Crippen molar-refractivity contribution in [3.63, 3.8) is 0 Å². The van der Waals surface area contributed by atoms with Crippen molar-refractivity contribution >= 4 is 0 Å². The van der Waals surface area contributed by atoms with Crippen molar-refractivity contribution in [2.45, 2.75) is 52.4 Å². The molecule has 0 aromatic heterocycles. The Morgan fingerprint density at radius 3 is 2.64 bits per heavy atom. The molecule has 77 valence electrons. The second kappa shape index (κ2) is 6.77. The van der Waals surface area contributed by atoms with E-state index in [1.54, 1.807) is 33.6 Å². The van der Waals surface area contributed by atoms with Gasteiger partial charge in [0, 0.05) is 0 Å². The molecule has 14 heavy (non-hydrogen) atoms. The number of rotatable bonds is 6. The Kier molecular flexibility index (Phi) is 6.02. The SMILES string of the molecule is CCCCCC(CC)C1=[C]([Zr])CC=C1. The third kappa shape index (κ3) is 3.50. The van der Waals surface area contributed by atoms with E-state index in [4.69, 9.17) is 0 Å². The summed E-state index contributed by atoms with van der Waals surface area (Å²) in [7, 11) is 0. The monoisotopic (exact) mass is 267 g/mol. The normalized spacial score (nSPS) is 17.8. The molecule has 0 saturated heterocycles. The Morgan fingerprint density at radius 1 is 1.36 bits per heavy atom. The summed E-state index contributed by atoms with van der Waals surface area (Å²) < 4.78 is 1.69. The van der Waals surface area contributed by atoms with Crippen molar-refractivity contribution in [2.75, 3.05) is 0 Å². The Bertz CT molecular complexity index is 225. The van der Waals surface area contributed by atoms with Gasteiger partial charge in [0.2, 0.25) is 0 Å². The van der Waals surface area contributed by atoms with Crippen LogP contribution in [0.25, 0.3) is 0 Å². The topological polar surface area (TPSA) is 0 Å². The van der Waals surface area contributed by atoms with Gasteiger partial charge in [0.05, 0.1) is 0 Å². The van der Waals surface area contributed by atoms with Gasteiger partial charge in [-0.15, -0.1) is 0 Å². The summed E-state index contributed by atoms with van der Waals surface area (Å²) in [6, 6.07) is 0. The number of unbranched alkanes of at least 4 members (excludes halogenated alkanes) is 2. The van der Waals surface area contributed by atoms with E-state index in [-0.39, 0.29) is 0 Å². The molecule has 0 radical (unpaired) electrons. The summed E-state index contributed by atoms with van der Waals surface area (Å²) in [5.74, 6) is 0.856. The van der Waals surface area contributed by atoms with Gasteiger partial charge in [-0.25, -0.2) is 0 Å². The van der Waals surface area contributed by atoms with Crippen LogP contribution in [0.3, 0.4) is 0 Å². The van der Waals surface area contributed by atoms with Crippen LogP contribution in [0, 0.1) is 5.92 Å². The van der Waals surface area contributed by atoms with Crippen molar-refractivity contribution in [1.82, 2.24) is 0 Å². The van der Waals surface area contributed by atoms with Crippen molar-refractivity contribution in [3.05, 3.63) is 21.0 Å². The van der Waals surface area contributed by atoms with Gasteiger partial charge in [0.15, 0.2) is 0 Å². The Labute approximate surface area is 104 Å². The molecule has 0 bridgehead atoms. The predicted octanol–water partition coefficient (Wildman–Crippen LogP) is 4.35. The Balaban J connectivity index is 2.45. The quantitative estimate of drug-likeness (QED) is 0.628. The molecule has 0 N–H and O–H groups in total. The molecule has 0 spiro atoms. The van der Waals surface area contributed by atoms with E-state index in [2.05, 4.69) is 26.0 Å². The minimum absolute atomic E-state index is 0.856. The number of allylic oxidation sites excluding steroid dienone is 4. The van der Waals surface area contributed by atoms with E-state index in [0.717, 1.165) is 5.92 Å². The zero-order valence-electron chi connectivity index (χ0n) is 9.47. The van der Waals surface area contributed by atoms with Crippen LogP contribution >= 0.6 is 0 Å². The van der Waals surface area contributed by atoms with E-state index < -0.39 is 0 Å². The molecule has 0 aromatic rings. The first-order chi connectivity index (χ1) is 6.79. The van der Waals surface area contributed by atoms with Crippen LogP contribution in [0.1, 0.15) is 52.4 Å². The molecule has 0 amide bonds. The standard InChI is InChI=1S/C13H21.Zr/c1-3-5-6-9-12(4-2)13-10-7-8-11-13;/h7,10,12H,3-6,8-9H2,1-2H3;. The third-order valence-corrected chi connectivity index (χ3v) is 4.27. The summed E-state index contributed by atoms with van der Waals surface area (Å²) in [5, 5.41) is 0. The fourth-order valence-corrected chi connectivity index (χ4v) is 3.12. The van der Waals surface area contributed by atoms with Crippen molar-refractivity contribution in [3.8, 4) is 0 Å². The molecular weight excluding hydrogens is 247 g/mol. The van der Waals surface area contributed by atoms with E-state index in [1.165, 1.54) is 38.5 Å². The molecule has 1 heteroatoms. The molecule has 0 aliphatic heterocycles. The summed E-state index contributed by atoms with van der Waals surface area (Å²) in [4.78, 5) is 0. The zero-order chi connectivity index (χ0) is 10.4. The van der Waals surface area contributed by atoms with Crippen LogP contribution in [0.15, 0.2) is 21.0 Å². The first-order valence-corrected chi connectivity index (χ1v) is 7.13. The molecule has 1 rings (SSSR count). The fraction of sp³-hybridized carbons (Fsp3) is 0.692. The first kappa shape index (κ1) is 12.4. The Hall–Kier alpha value is 0.363. The summed E-state index contributed by atoms with van der Waals surface area (Å²) in [6.07, 6.45) is 12.8. The van der Waals surface area contributed by atoms with Gasteiger partial charge in [-0.1, -0.05) is 0 Å².